The van der Waals surface area contributed by atoms with Crippen molar-refractivity contribution in [3.05, 3.63) is 59.7 Å². The van der Waals surface area contributed by atoms with Crippen LogP contribution in [0.3, 0.4) is 0 Å². The van der Waals surface area contributed by atoms with Crippen molar-refractivity contribution in [2.75, 3.05) is 48.4 Å². The van der Waals surface area contributed by atoms with Crippen LogP contribution in [0.15, 0.2) is 48.8 Å². The molecule has 2 aliphatic rings. The van der Waals surface area contributed by atoms with Crippen molar-refractivity contribution in [1.29, 1.82) is 0 Å². The lowest BCUT2D eigenvalue weighted by atomic mass is 10.1. The van der Waals surface area contributed by atoms with E-state index in [4.69, 9.17) is 16.3 Å². The molecule has 8 nitrogen and oxygen atoms in total. The first kappa shape index (κ1) is 25.7. The maximum Gasteiger partial charge on any atom is 0.248 e. The van der Waals surface area contributed by atoms with Crippen LogP contribution in [0.5, 0.6) is 5.75 Å². The highest BCUT2D eigenvalue weighted by Gasteiger charge is 2.23. The number of aromatic nitrogens is 2. The Labute approximate surface area is 222 Å². The molecule has 11 heteroatoms. The van der Waals surface area contributed by atoms with Gasteiger partial charge >= 0.3 is 0 Å². The lowest BCUT2D eigenvalue weighted by Crippen LogP contribution is -2.40. The van der Waals surface area contributed by atoms with Crippen molar-refractivity contribution in [3.63, 3.8) is 0 Å². The van der Waals surface area contributed by atoms with Crippen LogP contribution in [-0.2, 0) is 16.0 Å². The molecule has 2 aromatic carbocycles. The van der Waals surface area contributed by atoms with E-state index in [0.29, 0.717) is 64.4 Å². The summed E-state index contributed by atoms with van der Waals surface area (Å²) in [5, 5.41) is 6.73. The average molecular weight is 544 g/mol. The SMILES string of the molecule is O=C(/C=C/CN1CC[S+]([O-])CC1)Nc1cc2c(Nc3ccc(F)c(Cl)c3)ncnc2cc1OCC1CC1. The molecule has 0 bridgehead atoms. The highest BCUT2D eigenvalue weighted by Crippen LogP contribution is 2.36. The third kappa shape index (κ3) is 6.89. The average Bonchev–Trinajstić information content (AvgIpc) is 3.71. The van der Waals surface area contributed by atoms with Crippen molar-refractivity contribution in [2.45, 2.75) is 12.8 Å². The smallest absolute Gasteiger partial charge is 0.248 e. The fourth-order valence-corrected chi connectivity index (χ4v) is 5.25. The van der Waals surface area contributed by atoms with Crippen molar-refractivity contribution < 1.29 is 18.5 Å². The fourth-order valence-electron chi connectivity index (χ4n) is 3.94. The number of carbonyl (C=O) groups is 1. The summed E-state index contributed by atoms with van der Waals surface area (Å²) in [6.45, 7) is 2.72. The third-order valence-corrected chi connectivity index (χ3v) is 7.82. The molecule has 1 aliphatic heterocycles. The Bertz CT molecular complexity index is 1310. The lowest BCUT2D eigenvalue weighted by Gasteiger charge is -2.26. The van der Waals surface area contributed by atoms with Crippen molar-refractivity contribution in [2.24, 2.45) is 5.92 Å². The van der Waals surface area contributed by atoms with Gasteiger partial charge in [0, 0.05) is 42.9 Å². The molecule has 5 rings (SSSR count). The Balaban J connectivity index is 1.36. The minimum Gasteiger partial charge on any atom is -0.616 e. The van der Waals surface area contributed by atoms with Gasteiger partial charge in [-0.2, -0.15) is 0 Å². The van der Waals surface area contributed by atoms with Gasteiger partial charge in [-0.1, -0.05) is 28.9 Å². The first-order valence-corrected chi connectivity index (χ1v) is 14.0. The molecule has 37 heavy (non-hydrogen) atoms. The number of fused-ring (bicyclic) bond motifs is 1. The molecule has 1 saturated carbocycles. The van der Waals surface area contributed by atoms with E-state index in [9.17, 15) is 13.7 Å². The van der Waals surface area contributed by atoms with Gasteiger partial charge < -0.3 is 19.9 Å². The van der Waals surface area contributed by atoms with E-state index in [1.165, 1.54) is 24.5 Å². The molecule has 0 unspecified atom stereocenters. The minimum atomic E-state index is -0.732. The number of hydrogen-bond donors (Lipinski definition) is 2. The van der Waals surface area contributed by atoms with Crippen LogP contribution in [0.1, 0.15) is 12.8 Å². The molecule has 0 spiro atoms. The van der Waals surface area contributed by atoms with Gasteiger partial charge in [-0.05, 0) is 43.0 Å². The zero-order chi connectivity index (χ0) is 25.8. The molecule has 0 atom stereocenters. The summed E-state index contributed by atoms with van der Waals surface area (Å²) in [7, 11) is 0. The van der Waals surface area contributed by atoms with Crippen LogP contribution in [0.4, 0.5) is 21.6 Å². The second-order valence-electron chi connectivity index (χ2n) is 9.14. The van der Waals surface area contributed by atoms with Gasteiger partial charge in [-0.3, -0.25) is 9.69 Å². The zero-order valence-electron chi connectivity index (χ0n) is 20.1. The van der Waals surface area contributed by atoms with E-state index in [1.54, 1.807) is 18.2 Å². The van der Waals surface area contributed by atoms with E-state index in [0.717, 1.165) is 25.9 Å². The first-order valence-electron chi connectivity index (χ1n) is 12.1. The summed E-state index contributed by atoms with van der Waals surface area (Å²) in [4.78, 5) is 23.7. The fraction of sp³-hybridized carbons (Fsp3) is 0.346. The number of benzene rings is 2. The van der Waals surface area contributed by atoms with Crippen LogP contribution in [0.2, 0.25) is 5.02 Å². The summed E-state index contributed by atoms with van der Waals surface area (Å²) < 4.78 is 31.2. The number of anilines is 3. The number of halogens is 2. The van der Waals surface area contributed by atoms with Gasteiger partial charge in [0.1, 0.15) is 35.2 Å². The van der Waals surface area contributed by atoms with Crippen LogP contribution in [0.25, 0.3) is 10.9 Å². The Hall–Kier alpha value is -2.92. The van der Waals surface area contributed by atoms with Crippen molar-refractivity contribution >= 4 is 56.8 Å². The number of nitrogens with one attached hydrogen (secondary N) is 2. The molecule has 2 N–H and O–H groups in total. The molecular formula is C26H27ClFN5O3S. The molecule has 194 valence electrons. The summed E-state index contributed by atoms with van der Waals surface area (Å²) in [6.07, 6.45) is 7.01. The Morgan fingerprint density at radius 2 is 2.05 bits per heavy atom. The third-order valence-electron chi connectivity index (χ3n) is 6.25. The molecule has 2 heterocycles. The predicted molar refractivity (Wildman–Crippen MR) is 145 cm³/mol. The van der Waals surface area contributed by atoms with Gasteiger partial charge in [0.15, 0.2) is 0 Å². The van der Waals surface area contributed by atoms with Crippen molar-refractivity contribution in [1.82, 2.24) is 14.9 Å². The van der Waals surface area contributed by atoms with E-state index >= 15 is 0 Å². The number of ether oxygens (including phenoxy) is 1. The normalized spacial score (nSPS) is 16.8. The number of nitrogens with zero attached hydrogens (tertiary/aromatic N) is 3. The summed E-state index contributed by atoms with van der Waals surface area (Å²) >= 11 is 5.20. The molecular weight excluding hydrogens is 517 g/mol. The minimum absolute atomic E-state index is 0.00308. The lowest BCUT2D eigenvalue weighted by molar-refractivity contribution is -0.111. The van der Waals surface area contributed by atoms with E-state index < -0.39 is 17.0 Å². The molecule has 1 amide bonds. The van der Waals surface area contributed by atoms with E-state index in [2.05, 4.69) is 25.5 Å². The molecule has 1 aliphatic carbocycles. The highest BCUT2D eigenvalue weighted by molar-refractivity contribution is 7.91. The monoisotopic (exact) mass is 543 g/mol. The zero-order valence-corrected chi connectivity index (χ0v) is 21.7. The highest BCUT2D eigenvalue weighted by atomic mass is 35.5. The van der Waals surface area contributed by atoms with E-state index in [1.807, 2.05) is 6.08 Å². The van der Waals surface area contributed by atoms with Crippen LogP contribution in [-0.4, -0.2) is 63.1 Å². The van der Waals surface area contributed by atoms with Gasteiger partial charge in [-0.25, -0.2) is 14.4 Å². The number of amides is 1. The van der Waals surface area contributed by atoms with Gasteiger partial charge in [0.25, 0.3) is 0 Å². The molecule has 1 saturated heterocycles. The maximum absolute atomic E-state index is 13.6. The molecule has 2 fully saturated rings. The topological polar surface area (TPSA) is 102 Å². The molecule has 0 radical (unpaired) electrons. The van der Waals surface area contributed by atoms with Gasteiger partial charge in [0.2, 0.25) is 5.91 Å². The summed E-state index contributed by atoms with van der Waals surface area (Å²) in [6, 6.07) is 7.88. The van der Waals surface area contributed by atoms with E-state index in [-0.39, 0.29) is 10.9 Å². The van der Waals surface area contributed by atoms with Gasteiger partial charge in [0.05, 0.1) is 22.8 Å². The first-order chi connectivity index (χ1) is 17.9. The largest absolute Gasteiger partial charge is 0.616 e. The molecule has 3 aromatic rings. The van der Waals surface area contributed by atoms with Gasteiger partial charge in [-0.15, -0.1) is 0 Å². The second kappa shape index (κ2) is 11.6. The standard InChI is InChI=1S/C26H27ClFN5O3S/c27-20-12-18(5-6-21(20)28)31-26-19-13-23(24(36-15-17-3-4-17)14-22(19)29-16-30-26)32-25(34)2-1-7-33-8-10-37(35)11-9-33/h1-2,5-6,12-14,16-17H,3-4,7-11,15H2,(H,32,34)(H,29,30,31)/b2-1+. The quantitative estimate of drug-likeness (QED) is 0.302. The summed E-state index contributed by atoms with van der Waals surface area (Å²) in [5.41, 5.74) is 1.70. The number of hydrogen-bond acceptors (Lipinski definition) is 7. The Morgan fingerprint density at radius 3 is 2.81 bits per heavy atom. The van der Waals surface area contributed by atoms with Crippen LogP contribution in [0, 0.1) is 11.7 Å². The number of rotatable bonds is 9. The Morgan fingerprint density at radius 1 is 1.24 bits per heavy atom. The second-order valence-corrected chi connectivity index (χ2v) is 11.2. The number of carbonyl (C=O) groups excluding carboxylic acids is 1. The van der Waals surface area contributed by atoms with Crippen LogP contribution >= 0.6 is 11.6 Å². The molecule has 1 aromatic heterocycles. The summed E-state index contributed by atoms with van der Waals surface area (Å²) in [5.74, 6) is 2.09. The predicted octanol–water partition coefficient (Wildman–Crippen LogP) is 4.51. The maximum atomic E-state index is 13.6. The Kier molecular flexibility index (Phi) is 8.09. The van der Waals surface area contributed by atoms with Crippen LogP contribution < -0.4 is 15.4 Å². The van der Waals surface area contributed by atoms with Crippen molar-refractivity contribution in [3.8, 4) is 5.75 Å².